The molecule has 1 aliphatic rings. The van der Waals surface area contributed by atoms with Crippen molar-refractivity contribution < 1.29 is 14.7 Å². The second kappa shape index (κ2) is 9.37. The summed E-state index contributed by atoms with van der Waals surface area (Å²) in [6.45, 7) is 6.01. The summed E-state index contributed by atoms with van der Waals surface area (Å²) in [6.07, 6.45) is 3.08. The van der Waals surface area contributed by atoms with Gasteiger partial charge in [0.05, 0.1) is 11.3 Å². The molecule has 0 unspecified atom stereocenters. The normalized spacial score (nSPS) is 15.3. The number of amides is 2. The third-order valence-corrected chi connectivity index (χ3v) is 5.60. The molecule has 29 heavy (non-hydrogen) atoms. The SMILES string of the molecule is CC(C)N1CCC(C(=O)Nc2c(O)cccc2C(=O)Nc2ccc(Br)cn2)CC1. The number of piperidine rings is 1. The van der Waals surface area contributed by atoms with Crippen LogP contribution in [0.25, 0.3) is 0 Å². The number of benzene rings is 1. The zero-order valence-corrected chi connectivity index (χ0v) is 18.1. The lowest BCUT2D eigenvalue weighted by atomic mass is 9.95. The van der Waals surface area contributed by atoms with E-state index in [1.54, 1.807) is 30.5 Å². The molecule has 1 aromatic heterocycles. The molecule has 7 nitrogen and oxygen atoms in total. The van der Waals surface area contributed by atoms with E-state index in [9.17, 15) is 14.7 Å². The largest absolute Gasteiger partial charge is 0.506 e. The standard InChI is InChI=1S/C21H25BrN4O3/c1-13(2)26-10-8-14(9-11-26)20(28)25-19-16(4-3-5-17(19)27)21(29)24-18-7-6-15(22)12-23-18/h3-7,12-14,27H,8-11H2,1-2H3,(H,25,28)(H,23,24,29). The minimum atomic E-state index is -0.458. The lowest BCUT2D eigenvalue weighted by Crippen LogP contribution is -2.41. The van der Waals surface area contributed by atoms with E-state index in [1.807, 2.05) is 0 Å². The Morgan fingerprint density at radius 1 is 1.17 bits per heavy atom. The highest BCUT2D eigenvalue weighted by Crippen LogP contribution is 2.30. The van der Waals surface area contributed by atoms with Gasteiger partial charge in [-0.3, -0.25) is 9.59 Å². The highest BCUT2D eigenvalue weighted by atomic mass is 79.9. The number of aromatic nitrogens is 1. The molecule has 0 radical (unpaired) electrons. The first-order chi connectivity index (χ1) is 13.8. The third kappa shape index (κ3) is 5.33. The first kappa shape index (κ1) is 21.3. The average molecular weight is 461 g/mol. The third-order valence-electron chi connectivity index (χ3n) is 5.13. The number of rotatable bonds is 5. The van der Waals surface area contributed by atoms with Crippen molar-refractivity contribution in [3.63, 3.8) is 0 Å². The number of halogens is 1. The second-order valence-corrected chi connectivity index (χ2v) is 8.32. The van der Waals surface area contributed by atoms with Crippen molar-refractivity contribution in [1.29, 1.82) is 0 Å². The molecule has 154 valence electrons. The Balaban J connectivity index is 1.72. The number of hydrogen-bond acceptors (Lipinski definition) is 5. The Bertz CT molecular complexity index is 878. The van der Waals surface area contributed by atoms with Gasteiger partial charge in [0.15, 0.2) is 0 Å². The lowest BCUT2D eigenvalue weighted by molar-refractivity contribution is -0.121. The molecule has 1 aliphatic heterocycles. The molecule has 2 aromatic rings. The molecule has 0 saturated carbocycles. The van der Waals surface area contributed by atoms with Gasteiger partial charge in [0.2, 0.25) is 5.91 Å². The van der Waals surface area contributed by atoms with Gasteiger partial charge in [-0.05, 0) is 80.0 Å². The number of hydrogen-bond donors (Lipinski definition) is 3. The summed E-state index contributed by atoms with van der Waals surface area (Å²) in [5.41, 5.74) is 0.307. The van der Waals surface area contributed by atoms with E-state index in [0.717, 1.165) is 30.4 Å². The zero-order chi connectivity index (χ0) is 21.0. The Morgan fingerprint density at radius 2 is 1.90 bits per heavy atom. The summed E-state index contributed by atoms with van der Waals surface area (Å²) >= 11 is 3.30. The van der Waals surface area contributed by atoms with Crippen LogP contribution in [0.2, 0.25) is 0 Å². The van der Waals surface area contributed by atoms with E-state index in [1.165, 1.54) is 6.07 Å². The molecule has 3 rings (SSSR count). The van der Waals surface area contributed by atoms with Crippen molar-refractivity contribution in [1.82, 2.24) is 9.88 Å². The van der Waals surface area contributed by atoms with Gasteiger partial charge in [-0.15, -0.1) is 0 Å². The summed E-state index contributed by atoms with van der Waals surface area (Å²) in [5, 5.41) is 15.7. The fourth-order valence-electron chi connectivity index (χ4n) is 3.40. The fraction of sp³-hybridized carbons (Fsp3) is 0.381. The minimum Gasteiger partial charge on any atom is -0.506 e. The second-order valence-electron chi connectivity index (χ2n) is 7.41. The number of phenolic OH excluding ortho intramolecular Hbond substituents is 1. The van der Waals surface area contributed by atoms with Gasteiger partial charge in [0.25, 0.3) is 5.91 Å². The highest BCUT2D eigenvalue weighted by molar-refractivity contribution is 9.10. The van der Waals surface area contributed by atoms with E-state index in [4.69, 9.17) is 0 Å². The molecule has 0 bridgehead atoms. The molecule has 1 saturated heterocycles. The van der Waals surface area contributed by atoms with Crippen LogP contribution in [0.5, 0.6) is 5.75 Å². The molecule has 0 atom stereocenters. The molecule has 3 N–H and O–H groups in total. The number of pyridine rings is 1. The van der Waals surface area contributed by atoms with Gasteiger partial charge >= 0.3 is 0 Å². The van der Waals surface area contributed by atoms with Crippen LogP contribution in [-0.4, -0.2) is 45.9 Å². The number of carbonyl (C=O) groups excluding carboxylic acids is 2. The van der Waals surface area contributed by atoms with E-state index in [-0.39, 0.29) is 28.8 Å². The summed E-state index contributed by atoms with van der Waals surface area (Å²) in [6, 6.07) is 8.45. The molecule has 1 aromatic carbocycles. The summed E-state index contributed by atoms with van der Waals surface area (Å²) in [4.78, 5) is 32.0. The van der Waals surface area contributed by atoms with Crippen LogP contribution in [0.1, 0.15) is 37.0 Å². The predicted octanol–water partition coefficient (Wildman–Crippen LogP) is 3.86. The first-order valence-electron chi connectivity index (χ1n) is 9.65. The van der Waals surface area contributed by atoms with E-state index in [0.29, 0.717) is 11.9 Å². The van der Waals surface area contributed by atoms with Gasteiger partial charge in [0.1, 0.15) is 11.6 Å². The number of likely N-dealkylation sites (tertiary alicyclic amines) is 1. The molecule has 0 aliphatic carbocycles. The maximum atomic E-state index is 12.8. The molecule has 2 heterocycles. The molecule has 8 heteroatoms. The molecule has 0 spiro atoms. The van der Waals surface area contributed by atoms with Crippen LogP contribution in [0.4, 0.5) is 11.5 Å². The van der Waals surface area contributed by atoms with Crippen molar-refractivity contribution in [3.05, 3.63) is 46.6 Å². The van der Waals surface area contributed by atoms with Crippen molar-refractivity contribution in [2.45, 2.75) is 32.7 Å². The number of phenols is 1. The lowest BCUT2D eigenvalue weighted by Gasteiger charge is -2.34. The van der Waals surface area contributed by atoms with Crippen LogP contribution >= 0.6 is 15.9 Å². The van der Waals surface area contributed by atoms with Crippen molar-refractivity contribution >= 4 is 39.2 Å². The van der Waals surface area contributed by atoms with Crippen molar-refractivity contribution in [2.24, 2.45) is 5.92 Å². The smallest absolute Gasteiger partial charge is 0.259 e. The summed E-state index contributed by atoms with van der Waals surface area (Å²) < 4.78 is 0.796. The summed E-state index contributed by atoms with van der Waals surface area (Å²) in [5.74, 6) is -0.547. The Kier molecular flexibility index (Phi) is 6.87. The quantitative estimate of drug-likeness (QED) is 0.588. The average Bonchev–Trinajstić information content (AvgIpc) is 2.71. The number of nitrogens with one attached hydrogen (secondary N) is 2. The van der Waals surface area contributed by atoms with Crippen molar-refractivity contribution in [2.75, 3.05) is 23.7 Å². The first-order valence-corrected chi connectivity index (χ1v) is 10.4. The molecule has 1 fully saturated rings. The Hall–Kier alpha value is -2.45. The van der Waals surface area contributed by atoms with Gasteiger partial charge in [-0.2, -0.15) is 0 Å². The van der Waals surface area contributed by atoms with Crippen molar-refractivity contribution in [3.8, 4) is 5.75 Å². The molecular formula is C21H25BrN4O3. The number of aromatic hydroxyl groups is 1. The van der Waals surface area contributed by atoms with E-state index >= 15 is 0 Å². The monoisotopic (exact) mass is 460 g/mol. The maximum Gasteiger partial charge on any atom is 0.259 e. The predicted molar refractivity (Wildman–Crippen MR) is 116 cm³/mol. The van der Waals surface area contributed by atoms with E-state index in [2.05, 4.69) is 50.3 Å². The van der Waals surface area contributed by atoms with Crippen LogP contribution < -0.4 is 10.6 Å². The number of carbonyl (C=O) groups is 2. The highest BCUT2D eigenvalue weighted by Gasteiger charge is 2.27. The fourth-order valence-corrected chi connectivity index (χ4v) is 3.63. The van der Waals surface area contributed by atoms with Gasteiger partial charge in [-0.1, -0.05) is 6.07 Å². The molecular weight excluding hydrogens is 436 g/mol. The zero-order valence-electron chi connectivity index (χ0n) is 16.5. The Labute approximate surface area is 178 Å². The topological polar surface area (TPSA) is 94.6 Å². The van der Waals surface area contributed by atoms with Crippen LogP contribution in [0.15, 0.2) is 41.0 Å². The number of anilines is 2. The molecule has 2 amide bonds. The van der Waals surface area contributed by atoms with Crippen LogP contribution in [0.3, 0.4) is 0 Å². The van der Waals surface area contributed by atoms with E-state index < -0.39 is 5.91 Å². The summed E-state index contributed by atoms with van der Waals surface area (Å²) in [7, 11) is 0. The van der Waals surface area contributed by atoms with Gasteiger partial charge in [-0.25, -0.2) is 4.98 Å². The van der Waals surface area contributed by atoms with Gasteiger partial charge < -0.3 is 20.6 Å². The van der Waals surface area contributed by atoms with Crippen LogP contribution in [-0.2, 0) is 4.79 Å². The van der Waals surface area contributed by atoms with Crippen LogP contribution in [0, 0.1) is 5.92 Å². The Morgan fingerprint density at radius 3 is 2.52 bits per heavy atom. The van der Waals surface area contributed by atoms with Gasteiger partial charge in [0, 0.05) is 22.6 Å². The number of nitrogens with zero attached hydrogens (tertiary/aromatic N) is 2. The maximum absolute atomic E-state index is 12.8. The minimum absolute atomic E-state index is 0.124. The number of para-hydroxylation sites is 1.